The summed E-state index contributed by atoms with van der Waals surface area (Å²) in [6.45, 7) is 1.63. The zero-order chi connectivity index (χ0) is 17.4. The molecule has 2 aromatic rings. The van der Waals surface area contributed by atoms with Crippen molar-refractivity contribution in [2.45, 2.75) is 19.4 Å². The Balaban J connectivity index is 1.48. The van der Waals surface area contributed by atoms with Crippen molar-refractivity contribution in [3.63, 3.8) is 0 Å². The molecular weight excluding hydrogens is 320 g/mol. The summed E-state index contributed by atoms with van der Waals surface area (Å²) in [7, 11) is 1.80. The summed E-state index contributed by atoms with van der Waals surface area (Å²) >= 11 is 0. The molecule has 4 rings (SSSR count). The van der Waals surface area contributed by atoms with Gasteiger partial charge in [0.2, 0.25) is 11.8 Å². The molecule has 7 nitrogen and oxygen atoms in total. The second-order valence-corrected chi connectivity index (χ2v) is 6.51. The van der Waals surface area contributed by atoms with Crippen molar-refractivity contribution in [1.82, 2.24) is 9.78 Å². The number of aryl methyl sites for hydroxylation is 1. The molecule has 3 heterocycles. The number of amides is 2. The molecule has 1 saturated heterocycles. The van der Waals surface area contributed by atoms with Gasteiger partial charge in [-0.15, -0.1) is 0 Å². The molecule has 2 amide bonds. The Morgan fingerprint density at radius 1 is 1.40 bits per heavy atom. The number of nitrogens with one attached hydrogen (secondary N) is 1. The summed E-state index contributed by atoms with van der Waals surface area (Å²) < 4.78 is 7.11. The van der Waals surface area contributed by atoms with E-state index < -0.39 is 0 Å². The molecule has 0 spiro atoms. The number of fused-ring (bicyclic) bond motifs is 1. The van der Waals surface area contributed by atoms with Crippen LogP contribution in [-0.4, -0.2) is 34.7 Å². The minimum Gasteiger partial charge on any atom is -0.376 e. The van der Waals surface area contributed by atoms with Crippen LogP contribution in [0.4, 0.5) is 11.4 Å². The molecule has 1 unspecified atom stereocenters. The summed E-state index contributed by atoms with van der Waals surface area (Å²) in [5.74, 6) is -0.514. The number of nitrogens with zero attached hydrogens (tertiary/aromatic N) is 3. The van der Waals surface area contributed by atoms with Gasteiger partial charge < -0.3 is 15.0 Å². The Morgan fingerprint density at radius 3 is 3.08 bits per heavy atom. The van der Waals surface area contributed by atoms with Gasteiger partial charge in [-0.3, -0.25) is 14.3 Å². The number of carbonyl (C=O) groups excluding carboxylic acids is 2. The van der Waals surface area contributed by atoms with E-state index in [-0.39, 0.29) is 24.2 Å². The molecule has 0 aliphatic carbocycles. The molecule has 1 atom stereocenters. The lowest BCUT2D eigenvalue weighted by Crippen LogP contribution is -2.28. The van der Waals surface area contributed by atoms with Gasteiger partial charge in [0.15, 0.2) is 0 Å². The minimum atomic E-state index is -0.358. The second kappa shape index (κ2) is 6.33. The van der Waals surface area contributed by atoms with Crippen molar-refractivity contribution in [2.75, 3.05) is 23.4 Å². The van der Waals surface area contributed by atoms with Crippen molar-refractivity contribution >= 4 is 23.2 Å². The summed E-state index contributed by atoms with van der Waals surface area (Å²) in [5.41, 5.74) is 3.81. The maximum absolute atomic E-state index is 12.7. The first-order valence-corrected chi connectivity index (χ1v) is 8.40. The highest BCUT2D eigenvalue weighted by Gasteiger charge is 2.36. The third kappa shape index (κ3) is 3.02. The fraction of sp³-hybridized carbons (Fsp3) is 0.389. The molecular formula is C18H20N4O3. The van der Waals surface area contributed by atoms with Crippen LogP contribution >= 0.6 is 0 Å². The van der Waals surface area contributed by atoms with Gasteiger partial charge in [0, 0.05) is 31.9 Å². The first-order valence-electron chi connectivity index (χ1n) is 8.40. The number of hydrogen-bond acceptors (Lipinski definition) is 4. The summed E-state index contributed by atoms with van der Waals surface area (Å²) in [6.07, 6.45) is 4.44. The fourth-order valence-corrected chi connectivity index (χ4v) is 3.45. The van der Waals surface area contributed by atoms with E-state index in [0.717, 1.165) is 28.9 Å². The number of carbonyl (C=O) groups is 2. The number of hydrogen-bond donors (Lipinski definition) is 1. The van der Waals surface area contributed by atoms with Crippen molar-refractivity contribution < 1.29 is 14.3 Å². The third-order valence-electron chi connectivity index (χ3n) is 4.78. The smallest absolute Gasteiger partial charge is 0.229 e. The van der Waals surface area contributed by atoms with E-state index in [1.54, 1.807) is 29.0 Å². The van der Waals surface area contributed by atoms with Crippen LogP contribution in [0, 0.1) is 5.92 Å². The van der Waals surface area contributed by atoms with Crippen molar-refractivity contribution in [1.29, 1.82) is 0 Å². The van der Waals surface area contributed by atoms with Gasteiger partial charge in [0.1, 0.15) is 0 Å². The van der Waals surface area contributed by atoms with Crippen LogP contribution in [0.1, 0.15) is 17.5 Å². The van der Waals surface area contributed by atoms with Crippen molar-refractivity contribution in [3.8, 4) is 0 Å². The van der Waals surface area contributed by atoms with Gasteiger partial charge >= 0.3 is 0 Å². The quantitative estimate of drug-likeness (QED) is 0.918. The standard InChI is InChI=1S/C18H20N4O3/c1-21-10-14(8-19-21)22-9-13(7-17(22)23)18(24)20-16-4-2-3-12-11-25-6-5-15(12)16/h2-4,8,10,13H,5-7,9,11H2,1H3,(H,20,24). The predicted molar refractivity (Wildman–Crippen MR) is 92.1 cm³/mol. The maximum Gasteiger partial charge on any atom is 0.229 e. The normalized spacial score (nSPS) is 19.8. The first-order chi connectivity index (χ1) is 12.1. The highest BCUT2D eigenvalue weighted by atomic mass is 16.5. The monoisotopic (exact) mass is 340 g/mol. The summed E-state index contributed by atoms with van der Waals surface area (Å²) in [6, 6.07) is 5.86. The largest absolute Gasteiger partial charge is 0.376 e. The number of aromatic nitrogens is 2. The molecule has 1 fully saturated rings. The number of benzene rings is 1. The molecule has 2 aliphatic rings. The molecule has 1 N–H and O–H groups in total. The molecule has 0 bridgehead atoms. The van der Waals surface area contributed by atoms with Crippen LogP contribution in [0.25, 0.3) is 0 Å². The van der Waals surface area contributed by atoms with Crippen LogP contribution in [0.15, 0.2) is 30.6 Å². The molecule has 25 heavy (non-hydrogen) atoms. The topological polar surface area (TPSA) is 76.5 Å². The lowest BCUT2D eigenvalue weighted by atomic mass is 10.0. The van der Waals surface area contributed by atoms with Gasteiger partial charge in [-0.2, -0.15) is 5.10 Å². The van der Waals surface area contributed by atoms with Crippen LogP contribution in [0.2, 0.25) is 0 Å². The van der Waals surface area contributed by atoms with Crippen LogP contribution in [0.3, 0.4) is 0 Å². The van der Waals surface area contributed by atoms with E-state index in [0.29, 0.717) is 19.8 Å². The molecule has 7 heteroatoms. The van der Waals surface area contributed by atoms with Gasteiger partial charge in [0.05, 0.1) is 31.0 Å². The van der Waals surface area contributed by atoms with Gasteiger partial charge in [-0.1, -0.05) is 12.1 Å². The molecule has 0 saturated carbocycles. The number of ether oxygens (including phenoxy) is 1. The lowest BCUT2D eigenvalue weighted by molar-refractivity contribution is -0.122. The Labute approximate surface area is 145 Å². The Hall–Kier alpha value is -2.67. The van der Waals surface area contributed by atoms with E-state index in [4.69, 9.17) is 4.74 Å². The van der Waals surface area contributed by atoms with Crippen molar-refractivity contribution in [3.05, 3.63) is 41.7 Å². The second-order valence-electron chi connectivity index (χ2n) is 6.51. The minimum absolute atomic E-state index is 0.0448. The zero-order valence-corrected chi connectivity index (χ0v) is 14.1. The zero-order valence-electron chi connectivity index (χ0n) is 14.1. The number of rotatable bonds is 3. The van der Waals surface area contributed by atoms with Gasteiger partial charge in [0.25, 0.3) is 0 Å². The first kappa shape index (κ1) is 15.8. The van der Waals surface area contributed by atoms with E-state index in [1.165, 1.54) is 0 Å². The molecule has 1 aromatic carbocycles. The van der Waals surface area contributed by atoms with E-state index in [1.807, 2.05) is 18.2 Å². The summed E-state index contributed by atoms with van der Waals surface area (Å²) in [5, 5.41) is 7.11. The lowest BCUT2D eigenvalue weighted by Gasteiger charge is -2.21. The van der Waals surface area contributed by atoms with Crippen LogP contribution in [0.5, 0.6) is 0 Å². The third-order valence-corrected chi connectivity index (χ3v) is 4.78. The highest BCUT2D eigenvalue weighted by Crippen LogP contribution is 2.28. The predicted octanol–water partition coefficient (Wildman–Crippen LogP) is 1.48. The maximum atomic E-state index is 12.7. The molecule has 130 valence electrons. The van der Waals surface area contributed by atoms with E-state index in [2.05, 4.69) is 10.4 Å². The Bertz CT molecular complexity index is 829. The van der Waals surface area contributed by atoms with E-state index in [9.17, 15) is 9.59 Å². The SMILES string of the molecule is Cn1cc(N2CC(C(=O)Nc3cccc4c3CCOC4)CC2=O)cn1. The van der Waals surface area contributed by atoms with Gasteiger partial charge in [-0.05, 0) is 23.6 Å². The average Bonchev–Trinajstić information content (AvgIpc) is 3.21. The van der Waals surface area contributed by atoms with Crippen LogP contribution in [-0.2, 0) is 34.4 Å². The molecule has 0 radical (unpaired) electrons. The molecule has 2 aliphatic heterocycles. The van der Waals surface area contributed by atoms with E-state index >= 15 is 0 Å². The Kier molecular flexibility index (Phi) is 4.01. The summed E-state index contributed by atoms with van der Waals surface area (Å²) in [4.78, 5) is 26.6. The number of anilines is 2. The highest BCUT2D eigenvalue weighted by molar-refractivity contribution is 6.03. The fourth-order valence-electron chi connectivity index (χ4n) is 3.45. The van der Waals surface area contributed by atoms with Crippen molar-refractivity contribution in [2.24, 2.45) is 13.0 Å². The average molecular weight is 340 g/mol. The van der Waals surface area contributed by atoms with Crippen LogP contribution < -0.4 is 10.2 Å². The van der Waals surface area contributed by atoms with Gasteiger partial charge in [-0.25, -0.2) is 0 Å². The molecule has 1 aromatic heterocycles. The Morgan fingerprint density at radius 2 is 2.28 bits per heavy atom.